The number of phenols is 1. The van der Waals surface area contributed by atoms with Crippen molar-refractivity contribution in [2.24, 2.45) is 0 Å². The number of aromatic hydroxyl groups is 1. The van der Waals surface area contributed by atoms with Gasteiger partial charge in [0.05, 0.1) is 5.69 Å². The minimum absolute atomic E-state index is 0.113. The van der Waals surface area contributed by atoms with E-state index in [2.05, 4.69) is 9.44 Å². The van der Waals surface area contributed by atoms with E-state index in [1.165, 1.54) is 18.2 Å². The van der Waals surface area contributed by atoms with Crippen molar-refractivity contribution in [3.8, 4) is 5.75 Å². The first-order valence-electron chi connectivity index (χ1n) is 5.01. The SMILES string of the molecule is CCCNS(=O)(=O)Nc1ccc(O)cc1C. The van der Waals surface area contributed by atoms with E-state index in [1.807, 2.05) is 6.92 Å². The van der Waals surface area contributed by atoms with Gasteiger partial charge >= 0.3 is 0 Å². The molecule has 1 aromatic carbocycles. The van der Waals surface area contributed by atoms with Crippen molar-refractivity contribution < 1.29 is 13.5 Å². The maximum absolute atomic E-state index is 11.5. The van der Waals surface area contributed by atoms with Gasteiger partial charge in [-0.25, -0.2) is 0 Å². The van der Waals surface area contributed by atoms with Crippen molar-refractivity contribution in [1.82, 2.24) is 4.72 Å². The summed E-state index contributed by atoms with van der Waals surface area (Å²) < 4.78 is 27.8. The van der Waals surface area contributed by atoms with Crippen LogP contribution in [0.3, 0.4) is 0 Å². The van der Waals surface area contributed by atoms with Crippen LogP contribution in [0.2, 0.25) is 0 Å². The highest BCUT2D eigenvalue weighted by atomic mass is 32.2. The van der Waals surface area contributed by atoms with E-state index in [-0.39, 0.29) is 5.75 Å². The topological polar surface area (TPSA) is 78.4 Å². The van der Waals surface area contributed by atoms with Crippen LogP contribution in [0, 0.1) is 6.92 Å². The Balaban J connectivity index is 2.80. The van der Waals surface area contributed by atoms with Gasteiger partial charge in [0.25, 0.3) is 10.2 Å². The summed E-state index contributed by atoms with van der Waals surface area (Å²) in [4.78, 5) is 0. The Labute approximate surface area is 95.7 Å². The highest BCUT2D eigenvalue weighted by Gasteiger charge is 2.10. The fraction of sp³-hybridized carbons (Fsp3) is 0.400. The summed E-state index contributed by atoms with van der Waals surface area (Å²) in [5.41, 5.74) is 1.13. The van der Waals surface area contributed by atoms with Crippen LogP contribution >= 0.6 is 0 Å². The van der Waals surface area contributed by atoms with E-state index in [1.54, 1.807) is 6.92 Å². The first-order valence-corrected chi connectivity index (χ1v) is 6.50. The molecule has 0 radical (unpaired) electrons. The molecule has 1 rings (SSSR count). The van der Waals surface area contributed by atoms with Gasteiger partial charge in [-0.1, -0.05) is 6.92 Å². The Morgan fingerprint density at radius 2 is 2.06 bits per heavy atom. The van der Waals surface area contributed by atoms with E-state index in [0.717, 1.165) is 6.42 Å². The molecule has 3 N–H and O–H groups in total. The molecule has 0 atom stereocenters. The third-order valence-electron chi connectivity index (χ3n) is 2.00. The fourth-order valence-corrected chi connectivity index (χ4v) is 2.24. The van der Waals surface area contributed by atoms with Gasteiger partial charge in [-0.15, -0.1) is 0 Å². The van der Waals surface area contributed by atoms with Crippen molar-refractivity contribution in [1.29, 1.82) is 0 Å². The van der Waals surface area contributed by atoms with Gasteiger partial charge in [-0.05, 0) is 37.1 Å². The molecule has 0 unspecified atom stereocenters. The fourth-order valence-electron chi connectivity index (χ4n) is 1.18. The third-order valence-corrected chi connectivity index (χ3v) is 3.07. The molecule has 16 heavy (non-hydrogen) atoms. The summed E-state index contributed by atoms with van der Waals surface area (Å²) in [5.74, 6) is 0.113. The van der Waals surface area contributed by atoms with E-state index >= 15 is 0 Å². The molecule has 0 aliphatic rings. The van der Waals surface area contributed by atoms with Gasteiger partial charge in [-0.2, -0.15) is 13.1 Å². The number of nitrogens with one attached hydrogen (secondary N) is 2. The Morgan fingerprint density at radius 1 is 1.38 bits per heavy atom. The second-order valence-corrected chi connectivity index (χ2v) is 5.00. The molecule has 90 valence electrons. The lowest BCUT2D eigenvalue weighted by Crippen LogP contribution is -2.30. The number of rotatable bonds is 5. The Bertz CT molecular complexity index is 457. The predicted octanol–water partition coefficient (Wildman–Crippen LogP) is 1.36. The lowest BCUT2D eigenvalue weighted by atomic mass is 10.2. The number of benzene rings is 1. The largest absolute Gasteiger partial charge is 0.508 e. The van der Waals surface area contributed by atoms with Gasteiger partial charge < -0.3 is 5.11 Å². The van der Waals surface area contributed by atoms with Crippen molar-refractivity contribution >= 4 is 15.9 Å². The number of aryl methyl sites for hydroxylation is 1. The normalized spacial score (nSPS) is 11.4. The maximum Gasteiger partial charge on any atom is 0.299 e. The molecule has 0 spiro atoms. The molecule has 6 heteroatoms. The van der Waals surface area contributed by atoms with Gasteiger partial charge in [0.2, 0.25) is 0 Å². The number of hydrogen-bond donors (Lipinski definition) is 3. The number of phenolic OH excluding ortho intramolecular Hbond substituents is 1. The Morgan fingerprint density at radius 3 is 2.62 bits per heavy atom. The molecule has 0 amide bonds. The number of anilines is 1. The predicted molar refractivity (Wildman–Crippen MR) is 63.7 cm³/mol. The lowest BCUT2D eigenvalue weighted by molar-refractivity contribution is 0.475. The zero-order valence-corrected chi connectivity index (χ0v) is 10.1. The smallest absolute Gasteiger partial charge is 0.299 e. The minimum atomic E-state index is -3.51. The third kappa shape index (κ3) is 3.71. The van der Waals surface area contributed by atoms with Crippen molar-refractivity contribution in [2.45, 2.75) is 20.3 Å². The van der Waals surface area contributed by atoms with Crippen molar-refractivity contribution in [2.75, 3.05) is 11.3 Å². The lowest BCUT2D eigenvalue weighted by Gasteiger charge is -2.10. The second kappa shape index (κ2) is 5.18. The summed E-state index contributed by atoms with van der Waals surface area (Å²) in [6.07, 6.45) is 0.732. The Hall–Kier alpha value is -1.27. The van der Waals surface area contributed by atoms with Gasteiger partial charge in [0, 0.05) is 6.54 Å². The van der Waals surface area contributed by atoms with E-state index in [9.17, 15) is 13.5 Å². The molecule has 0 bridgehead atoms. The average molecular weight is 244 g/mol. The first kappa shape index (κ1) is 12.8. The zero-order chi connectivity index (χ0) is 12.2. The summed E-state index contributed by atoms with van der Waals surface area (Å²) in [6, 6.07) is 4.46. The maximum atomic E-state index is 11.5. The standard InChI is InChI=1S/C10H16N2O3S/c1-3-6-11-16(14,15)12-10-5-4-9(13)7-8(10)2/h4-5,7,11-13H,3,6H2,1-2H3. The van der Waals surface area contributed by atoms with Gasteiger partial charge in [0.1, 0.15) is 5.75 Å². The van der Waals surface area contributed by atoms with E-state index < -0.39 is 10.2 Å². The molecular formula is C10H16N2O3S. The van der Waals surface area contributed by atoms with Crippen LogP contribution in [0.1, 0.15) is 18.9 Å². The summed E-state index contributed by atoms with van der Waals surface area (Å²) in [6.45, 7) is 4.00. The Kier molecular flexibility index (Phi) is 4.14. The summed E-state index contributed by atoms with van der Waals surface area (Å²) in [5, 5.41) is 9.18. The van der Waals surface area contributed by atoms with Crippen molar-refractivity contribution in [3.63, 3.8) is 0 Å². The zero-order valence-electron chi connectivity index (χ0n) is 9.32. The average Bonchev–Trinajstić information content (AvgIpc) is 2.19. The van der Waals surface area contributed by atoms with Crippen LogP contribution in [0.15, 0.2) is 18.2 Å². The van der Waals surface area contributed by atoms with Crippen LogP contribution < -0.4 is 9.44 Å². The highest BCUT2D eigenvalue weighted by Crippen LogP contribution is 2.20. The minimum Gasteiger partial charge on any atom is -0.508 e. The van der Waals surface area contributed by atoms with E-state index in [0.29, 0.717) is 17.8 Å². The molecule has 1 aromatic rings. The second-order valence-electron chi connectivity index (χ2n) is 3.50. The van der Waals surface area contributed by atoms with Crippen LogP contribution in [0.25, 0.3) is 0 Å². The van der Waals surface area contributed by atoms with Gasteiger partial charge in [-0.3, -0.25) is 4.72 Å². The van der Waals surface area contributed by atoms with Crippen LogP contribution in [0.5, 0.6) is 5.75 Å². The first-order chi connectivity index (χ1) is 7.44. The van der Waals surface area contributed by atoms with Crippen LogP contribution in [-0.4, -0.2) is 20.1 Å². The quantitative estimate of drug-likeness (QED) is 0.684. The molecule has 0 aliphatic heterocycles. The molecule has 0 heterocycles. The molecular weight excluding hydrogens is 228 g/mol. The number of hydrogen-bond acceptors (Lipinski definition) is 3. The highest BCUT2D eigenvalue weighted by molar-refractivity contribution is 7.90. The molecule has 5 nitrogen and oxygen atoms in total. The molecule has 0 fully saturated rings. The van der Waals surface area contributed by atoms with E-state index in [4.69, 9.17) is 0 Å². The van der Waals surface area contributed by atoms with Crippen LogP contribution in [-0.2, 0) is 10.2 Å². The van der Waals surface area contributed by atoms with Crippen LogP contribution in [0.4, 0.5) is 5.69 Å². The summed E-state index contributed by atoms with van der Waals surface area (Å²) in [7, 11) is -3.51. The molecule has 0 aromatic heterocycles. The molecule has 0 saturated carbocycles. The van der Waals surface area contributed by atoms with Crippen molar-refractivity contribution in [3.05, 3.63) is 23.8 Å². The molecule has 0 saturated heterocycles. The molecule has 0 aliphatic carbocycles. The summed E-state index contributed by atoms with van der Waals surface area (Å²) >= 11 is 0. The monoisotopic (exact) mass is 244 g/mol. The van der Waals surface area contributed by atoms with Gasteiger partial charge in [0.15, 0.2) is 0 Å².